The summed E-state index contributed by atoms with van der Waals surface area (Å²) in [4.78, 5) is 13.6. The van der Waals surface area contributed by atoms with E-state index in [1.54, 1.807) is 6.20 Å². The van der Waals surface area contributed by atoms with Gasteiger partial charge in [0.05, 0.1) is 16.7 Å². The lowest BCUT2D eigenvalue weighted by Gasteiger charge is -2.25. The SMILES string of the molecule is NC1=N[C@@H](c2cc(Br)ccc2OCc2ccccn2)n2c(nc3ccccc32)N1. The molecule has 1 aliphatic heterocycles. The molecule has 0 unspecified atom stereocenters. The third kappa shape index (κ3) is 3.31. The van der Waals surface area contributed by atoms with Gasteiger partial charge in [-0.25, -0.2) is 9.98 Å². The number of ether oxygens (including phenoxy) is 1. The van der Waals surface area contributed by atoms with Crippen LogP contribution in [0.3, 0.4) is 0 Å². The first-order valence-electron chi connectivity index (χ1n) is 9.08. The molecule has 0 saturated heterocycles. The fourth-order valence-electron chi connectivity index (χ4n) is 3.41. The molecular formula is C21H17BrN6O. The van der Waals surface area contributed by atoms with E-state index in [4.69, 9.17) is 10.5 Å². The van der Waals surface area contributed by atoms with E-state index in [2.05, 4.69) is 36.2 Å². The van der Waals surface area contributed by atoms with Gasteiger partial charge in [-0.3, -0.25) is 14.9 Å². The number of fused-ring (bicyclic) bond motifs is 3. The van der Waals surface area contributed by atoms with Crippen molar-refractivity contribution in [2.75, 3.05) is 5.32 Å². The van der Waals surface area contributed by atoms with Crippen molar-refractivity contribution in [1.82, 2.24) is 14.5 Å². The van der Waals surface area contributed by atoms with Crippen LogP contribution >= 0.6 is 15.9 Å². The first kappa shape index (κ1) is 17.7. The van der Waals surface area contributed by atoms with Crippen LogP contribution in [0, 0.1) is 0 Å². The topological polar surface area (TPSA) is 90.4 Å². The van der Waals surface area contributed by atoms with Crippen molar-refractivity contribution < 1.29 is 4.74 Å². The molecule has 144 valence electrons. The van der Waals surface area contributed by atoms with E-state index in [1.165, 1.54) is 0 Å². The standard InChI is InChI=1S/C21H17BrN6O/c22-13-8-9-18(29-12-14-5-3-4-10-24-14)15(11-13)19-26-20(23)27-21-25-16-6-1-2-7-17(16)28(19)21/h1-11,19H,12H2,(H3,23,25,26,27)/t19-/m1/s1. The Morgan fingerprint density at radius 2 is 1.97 bits per heavy atom. The molecule has 0 fully saturated rings. The van der Waals surface area contributed by atoms with Crippen LogP contribution in [-0.4, -0.2) is 20.5 Å². The van der Waals surface area contributed by atoms with Crippen molar-refractivity contribution in [3.63, 3.8) is 0 Å². The van der Waals surface area contributed by atoms with Gasteiger partial charge in [0.25, 0.3) is 0 Å². The van der Waals surface area contributed by atoms with Crippen LogP contribution in [0.5, 0.6) is 5.75 Å². The minimum atomic E-state index is -0.408. The summed E-state index contributed by atoms with van der Waals surface area (Å²) in [7, 11) is 0. The highest BCUT2D eigenvalue weighted by Crippen LogP contribution is 2.37. The van der Waals surface area contributed by atoms with Crippen LogP contribution in [-0.2, 0) is 6.61 Å². The molecule has 0 radical (unpaired) electrons. The molecule has 8 heteroatoms. The second kappa shape index (κ2) is 7.21. The van der Waals surface area contributed by atoms with Gasteiger partial charge in [-0.05, 0) is 42.5 Å². The van der Waals surface area contributed by atoms with Gasteiger partial charge < -0.3 is 10.5 Å². The van der Waals surface area contributed by atoms with Gasteiger partial charge in [0.2, 0.25) is 5.95 Å². The Kier molecular flexibility index (Phi) is 4.40. The fraction of sp³-hybridized carbons (Fsp3) is 0.0952. The number of rotatable bonds is 4. The average Bonchev–Trinajstić information content (AvgIpc) is 3.11. The number of imidazole rings is 1. The second-order valence-electron chi connectivity index (χ2n) is 6.60. The van der Waals surface area contributed by atoms with Crippen LogP contribution < -0.4 is 15.8 Å². The first-order chi connectivity index (χ1) is 14.2. The zero-order chi connectivity index (χ0) is 19.8. The van der Waals surface area contributed by atoms with Gasteiger partial charge >= 0.3 is 0 Å². The third-order valence-electron chi connectivity index (χ3n) is 4.69. The van der Waals surface area contributed by atoms with Gasteiger partial charge in [-0.1, -0.05) is 34.1 Å². The molecule has 2 aromatic carbocycles. The van der Waals surface area contributed by atoms with Gasteiger partial charge in [0.1, 0.15) is 12.4 Å². The maximum atomic E-state index is 6.12. The fourth-order valence-corrected chi connectivity index (χ4v) is 3.79. The van der Waals surface area contributed by atoms with E-state index in [-0.39, 0.29) is 0 Å². The van der Waals surface area contributed by atoms with E-state index in [9.17, 15) is 0 Å². The number of nitrogens with zero attached hydrogens (tertiary/aromatic N) is 4. The summed E-state index contributed by atoms with van der Waals surface area (Å²) in [5, 5.41) is 3.06. The number of hydrogen-bond acceptors (Lipinski definition) is 6. The molecule has 5 rings (SSSR count). The zero-order valence-electron chi connectivity index (χ0n) is 15.3. The van der Waals surface area contributed by atoms with E-state index < -0.39 is 6.17 Å². The van der Waals surface area contributed by atoms with E-state index in [0.717, 1.165) is 26.8 Å². The third-order valence-corrected chi connectivity index (χ3v) is 5.19. The predicted molar refractivity (Wildman–Crippen MR) is 116 cm³/mol. The molecule has 7 nitrogen and oxygen atoms in total. The molecule has 3 N–H and O–H groups in total. The Morgan fingerprint density at radius 1 is 1.10 bits per heavy atom. The first-order valence-corrected chi connectivity index (χ1v) is 9.88. The van der Waals surface area contributed by atoms with Crippen molar-refractivity contribution in [3.05, 3.63) is 82.6 Å². The van der Waals surface area contributed by atoms with E-state index >= 15 is 0 Å². The van der Waals surface area contributed by atoms with E-state index in [1.807, 2.05) is 65.2 Å². The summed E-state index contributed by atoms with van der Waals surface area (Å²) in [6.45, 7) is 0.358. The lowest BCUT2D eigenvalue weighted by Crippen LogP contribution is -2.31. The molecule has 0 amide bonds. The Morgan fingerprint density at radius 3 is 2.83 bits per heavy atom. The summed E-state index contributed by atoms with van der Waals surface area (Å²) in [5.74, 6) is 1.68. The number of para-hydroxylation sites is 2. The molecule has 3 heterocycles. The number of halogens is 1. The molecule has 2 aromatic heterocycles. The Bertz CT molecular complexity index is 1220. The monoisotopic (exact) mass is 448 g/mol. The quantitative estimate of drug-likeness (QED) is 0.491. The number of benzene rings is 2. The molecular weight excluding hydrogens is 432 g/mol. The number of aliphatic imine (C=N–C) groups is 1. The van der Waals surface area contributed by atoms with Crippen molar-refractivity contribution in [3.8, 4) is 5.75 Å². The van der Waals surface area contributed by atoms with Crippen molar-refractivity contribution in [2.24, 2.45) is 10.7 Å². The lowest BCUT2D eigenvalue weighted by atomic mass is 10.1. The van der Waals surface area contributed by atoms with Crippen LogP contribution in [0.2, 0.25) is 0 Å². The average molecular weight is 449 g/mol. The minimum absolute atomic E-state index is 0.313. The van der Waals surface area contributed by atoms with Gasteiger partial charge in [0, 0.05) is 16.2 Å². The van der Waals surface area contributed by atoms with Gasteiger partial charge in [-0.2, -0.15) is 0 Å². The number of nitrogens with one attached hydrogen (secondary N) is 1. The van der Waals surface area contributed by atoms with Crippen molar-refractivity contribution in [2.45, 2.75) is 12.8 Å². The number of pyridine rings is 1. The largest absolute Gasteiger partial charge is 0.487 e. The van der Waals surface area contributed by atoms with Crippen LogP contribution in [0.25, 0.3) is 11.0 Å². The Hall–Kier alpha value is -3.39. The highest BCUT2D eigenvalue weighted by atomic mass is 79.9. The molecule has 0 spiro atoms. The van der Waals surface area contributed by atoms with E-state index in [0.29, 0.717) is 24.3 Å². The number of guanidine groups is 1. The normalized spacial score (nSPS) is 15.5. The van der Waals surface area contributed by atoms with Crippen LogP contribution in [0.15, 0.2) is 76.3 Å². The smallest absolute Gasteiger partial charge is 0.212 e. The second-order valence-corrected chi connectivity index (χ2v) is 7.51. The molecule has 0 aliphatic carbocycles. The molecule has 4 aromatic rings. The minimum Gasteiger partial charge on any atom is -0.487 e. The summed E-state index contributed by atoms with van der Waals surface area (Å²) in [6.07, 6.45) is 1.35. The van der Waals surface area contributed by atoms with Crippen molar-refractivity contribution >= 4 is 38.9 Å². The molecule has 0 saturated carbocycles. The predicted octanol–water partition coefficient (Wildman–Crippen LogP) is 4.06. The van der Waals surface area contributed by atoms with Crippen LogP contribution in [0.1, 0.15) is 17.4 Å². The maximum Gasteiger partial charge on any atom is 0.212 e. The zero-order valence-corrected chi connectivity index (χ0v) is 16.9. The lowest BCUT2D eigenvalue weighted by molar-refractivity contribution is 0.295. The molecule has 29 heavy (non-hydrogen) atoms. The Balaban J connectivity index is 1.60. The number of nitrogens with two attached hydrogens (primary N) is 1. The summed E-state index contributed by atoms with van der Waals surface area (Å²) in [6, 6.07) is 19.5. The summed E-state index contributed by atoms with van der Waals surface area (Å²) >= 11 is 3.57. The molecule has 1 atom stereocenters. The number of anilines is 1. The molecule has 0 bridgehead atoms. The van der Waals surface area contributed by atoms with Crippen molar-refractivity contribution in [1.29, 1.82) is 0 Å². The maximum absolute atomic E-state index is 6.12. The highest BCUT2D eigenvalue weighted by molar-refractivity contribution is 9.10. The Labute approximate surface area is 175 Å². The highest BCUT2D eigenvalue weighted by Gasteiger charge is 2.27. The molecule has 1 aliphatic rings. The summed E-state index contributed by atoms with van der Waals surface area (Å²) < 4.78 is 9.08. The summed E-state index contributed by atoms with van der Waals surface area (Å²) in [5.41, 5.74) is 9.64. The number of hydrogen-bond donors (Lipinski definition) is 2. The van der Waals surface area contributed by atoms with Gasteiger partial charge in [-0.15, -0.1) is 0 Å². The van der Waals surface area contributed by atoms with Gasteiger partial charge in [0.15, 0.2) is 12.1 Å². The van der Waals surface area contributed by atoms with Crippen LogP contribution in [0.4, 0.5) is 5.95 Å². The number of aromatic nitrogens is 3.